The maximum absolute atomic E-state index is 11.9. The topological polar surface area (TPSA) is 60.5 Å². The molecule has 0 saturated heterocycles. The third-order valence-electron chi connectivity index (χ3n) is 2.74. The summed E-state index contributed by atoms with van der Waals surface area (Å²) in [6.45, 7) is 0.631. The van der Waals surface area contributed by atoms with Gasteiger partial charge in [0.05, 0.1) is 18.7 Å². The van der Waals surface area contributed by atoms with Gasteiger partial charge in [0.1, 0.15) is 29.0 Å². The molecule has 2 aromatic rings. The molecule has 0 bridgehead atoms. The number of nitrogens with one attached hydrogen (secondary N) is 1. The maximum Gasteiger partial charge on any atom is 0.271 e. The lowest BCUT2D eigenvalue weighted by atomic mass is 10.3. The number of hydrogen-bond donors (Lipinski definition) is 1. The maximum atomic E-state index is 11.9. The fraction of sp³-hybridized carbons (Fsp3) is 0.200. The fourth-order valence-electron chi connectivity index (χ4n) is 1.67. The number of carbonyl (C=O) groups is 1. The van der Waals surface area contributed by atoms with Crippen LogP contribution in [0.4, 0.5) is 0 Å². The molecule has 0 saturated carbocycles. The molecule has 0 unspecified atom stereocenters. The van der Waals surface area contributed by atoms with Crippen molar-refractivity contribution < 1.29 is 14.3 Å². The number of ether oxygens (including phenoxy) is 2. The fourth-order valence-corrected chi connectivity index (χ4v) is 2.01. The van der Waals surface area contributed by atoms with Crippen LogP contribution in [0.2, 0.25) is 10.2 Å². The molecule has 0 atom stereocenters. The Morgan fingerprint density at radius 2 is 1.82 bits per heavy atom. The largest absolute Gasteiger partial charge is 0.497 e. The van der Waals surface area contributed by atoms with Crippen molar-refractivity contribution in [2.24, 2.45) is 0 Å². The van der Waals surface area contributed by atoms with Crippen LogP contribution in [0.1, 0.15) is 10.5 Å². The molecule has 1 aromatic heterocycles. The highest BCUT2D eigenvalue weighted by Crippen LogP contribution is 2.17. The highest BCUT2D eigenvalue weighted by atomic mass is 35.5. The highest BCUT2D eigenvalue weighted by molar-refractivity contribution is 6.34. The number of pyridine rings is 1. The van der Waals surface area contributed by atoms with Crippen LogP contribution in [0.15, 0.2) is 36.4 Å². The molecule has 0 fully saturated rings. The van der Waals surface area contributed by atoms with Crippen LogP contribution >= 0.6 is 23.2 Å². The van der Waals surface area contributed by atoms with Gasteiger partial charge >= 0.3 is 0 Å². The lowest BCUT2D eigenvalue weighted by molar-refractivity contribution is 0.0942. The Balaban J connectivity index is 1.80. The van der Waals surface area contributed by atoms with Gasteiger partial charge < -0.3 is 14.8 Å². The van der Waals surface area contributed by atoms with E-state index in [0.29, 0.717) is 18.9 Å². The predicted molar refractivity (Wildman–Crippen MR) is 85.1 cm³/mol. The first kappa shape index (κ1) is 16.4. The smallest absolute Gasteiger partial charge is 0.271 e. The van der Waals surface area contributed by atoms with Crippen LogP contribution in [-0.2, 0) is 0 Å². The van der Waals surface area contributed by atoms with Crippen molar-refractivity contribution in [3.63, 3.8) is 0 Å². The molecule has 22 heavy (non-hydrogen) atoms. The van der Waals surface area contributed by atoms with Crippen molar-refractivity contribution in [1.29, 1.82) is 0 Å². The first-order chi connectivity index (χ1) is 10.6. The Bertz CT molecular complexity index is 648. The summed E-state index contributed by atoms with van der Waals surface area (Å²) >= 11 is 11.6. The standard InChI is InChI=1S/C15H14Cl2N2O3/c1-21-10-2-4-11(5-3-10)22-9-8-18-15(20)14-12(16)6-7-13(17)19-14/h2-7H,8-9H2,1H3,(H,18,20). The second-order valence-corrected chi connectivity index (χ2v) is 5.04. The molecule has 116 valence electrons. The number of methoxy groups -OCH3 is 1. The van der Waals surface area contributed by atoms with Gasteiger partial charge in [-0.25, -0.2) is 4.98 Å². The monoisotopic (exact) mass is 340 g/mol. The number of carbonyl (C=O) groups excluding carboxylic acids is 1. The number of amides is 1. The van der Waals surface area contributed by atoms with E-state index in [-0.39, 0.29) is 15.9 Å². The van der Waals surface area contributed by atoms with E-state index in [2.05, 4.69) is 10.3 Å². The van der Waals surface area contributed by atoms with Crippen molar-refractivity contribution in [2.75, 3.05) is 20.3 Å². The van der Waals surface area contributed by atoms with E-state index < -0.39 is 5.91 Å². The molecule has 1 N–H and O–H groups in total. The van der Waals surface area contributed by atoms with Crippen LogP contribution in [-0.4, -0.2) is 31.2 Å². The highest BCUT2D eigenvalue weighted by Gasteiger charge is 2.12. The molecule has 5 nitrogen and oxygen atoms in total. The second kappa shape index (κ2) is 7.87. The number of aromatic nitrogens is 1. The molecular weight excluding hydrogens is 327 g/mol. The van der Waals surface area contributed by atoms with Crippen molar-refractivity contribution >= 4 is 29.1 Å². The summed E-state index contributed by atoms with van der Waals surface area (Å²) in [5.74, 6) is 1.04. The zero-order valence-electron chi connectivity index (χ0n) is 11.8. The Morgan fingerprint density at radius 1 is 1.14 bits per heavy atom. The average molecular weight is 341 g/mol. The van der Waals surface area contributed by atoms with E-state index in [1.165, 1.54) is 12.1 Å². The normalized spacial score (nSPS) is 10.1. The number of nitrogens with zero attached hydrogens (tertiary/aromatic N) is 1. The molecule has 1 heterocycles. The van der Waals surface area contributed by atoms with Crippen LogP contribution < -0.4 is 14.8 Å². The van der Waals surface area contributed by atoms with E-state index in [4.69, 9.17) is 32.7 Å². The summed E-state index contributed by atoms with van der Waals surface area (Å²) in [6, 6.07) is 10.2. The van der Waals surface area contributed by atoms with E-state index in [9.17, 15) is 4.79 Å². The van der Waals surface area contributed by atoms with Gasteiger partial charge in [0.25, 0.3) is 5.91 Å². The summed E-state index contributed by atoms with van der Waals surface area (Å²) in [4.78, 5) is 15.8. The van der Waals surface area contributed by atoms with Gasteiger partial charge in [-0.1, -0.05) is 23.2 Å². The molecule has 0 spiro atoms. The number of hydrogen-bond acceptors (Lipinski definition) is 4. The molecular formula is C15H14Cl2N2O3. The van der Waals surface area contributed by atoms with Crippen LogP contribution in [0, 0.1) is 0 Å². The van der Waals surface area contributed by atoms with Crippen molar-refractivity contribution in [3.8, 4) is 11.5 Å². The zero-order valence-corrected chi connectivity index (χ0v) is 13.3. The second-order valence-electron chi connectivity index (χ2n) is 4.24. The molecule has 0 aliphatic rings. The minimum atomic E-state index is -0.397. The van der Waals surface area contributed by atoms with Gasteiger partial charge in [0, 0.05) is 0 Å². The molecule has 0 aliphatic carbocycles. The minimum absolute atomic E-state index is 0.0959. The number of rotatable bonds is 6. The van der Waals surface area contributed by atoms with Crippen LogP contribution in [0.3, 0.4) is 0 Å². The molecule has 7 heteroatoms. The Morgan fingerprint density at radius 3 is 2.50 bits per heavy atom. The Labute approximate surface area is 138 Å². The summed E-state index contributed by atoms with van der Waals surface area (Å²) in [6.07, 6.45) is 0. The third-order valence-corrected chi connectivity index (χ3v) is 3.26. The summed E-state index contributed by atoms with van der Waals surface area (Å²) in [5.41, 5.74) is 0.0959. The SMILES string of the molecule is COc1ccc(OCCNC(=O)c2nc(Cl)ccc2Cl)cc1. The van der Waals surface area contributed by atoms with Crippen molar-refractivity contribution in [1.82, 2.24) is 10.3 Å². The molecule has 0 radical (unpaired) electrons. The van der Waals surface area contributed by atoms with E-state index in [1.807, 2.05) is 0 Å². The number of halogens is 2. The van der Waals surface area contributed by atoms with Gasteiger partial charge in [-0.05, 0) is 36.4 Å². The van der Waals surface area contributed by atoms with Gasteiger partial charge in [0.2, 0.25) is 0 Å². The van der Waals surface area contributed by atoms with Crippen molar-refractivity contribution in [3.05, 3.63) is 52.3 Å². The first-order valence-corrected chi connectivity index (χ1v) is 7.23. The first-order valence-electron chi connectivity index (χ1n) is 6.47. The van der Waals surface area contributed by atoms with E-state index in [0.717, 1.165) is 5.75 Å². The van der Waals surface area contributed by atoms with Gasteiger partial charge in [-0.3, -0.25) is 4.79 Å². The van der Waals surface area contributed by atoms with E-state index in [1.54, 1.807) is 31.4 Å². The summed E-state index contributed by atoms with van der Waals surface area (Å²) < 4.78 is 10.5. The van der Waals surface area contributed by atoms with Crippen LogP contribution in [0.5, 0.6) is 11.5 Å². The number of benzene rings is 1. The zero-order chi connectivity index (χ0) is 15.9. The summed E-state index contributed by atoms with van der Waals surface area (Å²) in [5, 5.41) is 3.13. The van der Waals surface area contributed by atoms with E-state index >= 15 is 0 Å². The predicted octanol–water partition coefficient (Wildman–Crippen LogP) is 3.21. The lowest BCUT2D eigenvalue weighted by Crippen LogP contribution is -2.29. The molecule has 1 amide bonds. The van der Waals surface area contributed by atoms with Gasteiger partial charge in [-0.2, -0.15) is 0 Å². The minimum Gasteiger partial charge on any atom is -0.497 e. The quantitative estimate of drug-likeness (QED) is 0.647. The van der Waals surface area contributed by atoms with Crippen molar-refractivity contribution in [2.45, 2.75) is 0 Å². The molecule has 2 rings (SSSR count). The molecule has 0 aliphatic heterocycles. The lowest BCUT2D eigenvalue weighted by Gasteiger charge is -2.09. The van der Waals surface area contributed by atoms with Crippen LogP contribution in [0.25, 0.3) is 0 Å². The molecule has 1 aromatic carbocycles. The Hall–Kier alpha value is -1.98. The van der Waals surface area contributed by atoms with Gasteiger partial charge in [0.15, 0.2) is 0 Å². The average Bonchev–Trinajstić information content (AvgIpc) is 2.54. The van der Waals surface area contributed by atoms with Gasteiger partial charge in [-0.15, -0.1) is 0 Å². The third kappa shape index (κ3) is 4.51. The summed E-state index contributed by atoms with van der Waals surface area (Å²) in [7, 11) is 1.60. The Kier molecular flexibility index (Phi) is 5.86.